The Kier molecular flexibility index (Phi) is 6.26. The molecule has 5 rings (SSSR count). The van der Waals surface area contributed by atoms with Crippen LogP contribution in [-0.4, -0.2) is 34.2 Å². The van der Waals surface area contributed by atoms with Gasteiger partial charge in [0, 0.05) is 18.5 Å². The first-order valence-electron chi connectivity index (χ1n) is 11.6. The second kappa shape index (κ2) is 9.52. The molecule has 1 fully saturated rings. The summed E-state index contributed by atoms with van der Waals surface area (Å²) in [6, 6.07) is 16.6. The van der Waals surface area contributed by atoms with Crippen molar-refractivity contribution in [2.45, 2.75) is 31.5 Å². The molecule has 1 aliphatic rings. The summed E-state index contributed by atoms with van der Waals surface area (Å²) >= 11 is 0. The van der Waals surface area contributed by atoms with Crippen LogP contribution in [0.5, 0.6) is 5.75 Å². The molecule has 4 aromatic rings. The topological polar surface area (TPSA) is 101 Å². The molecular formula is C26H24F3N5O2. The average molecular weight is 496 g/mol. The minimum absolute atomic E-state index is 0.00876. The molecule has 36 heavy (non-hydrogen) atoms. The molecule has 3 N–H and O–H groups in total. The van der Waals surface area contributed by atoms with E-state index in [4.69, 9.17) is 20.4 Å². The van der Waals surface area contributed by atoms with E-state index in [1.165, 1.54) is 12.1 Å². The summed E-state index contributed by atoms with van der Waals surface area (Å²) in [7, 11) is 0. The van der Waals surface area contributed by atoms with Gasteiger partial charge in [-0.2, -0.15) is 18.2 Å². The number of aromatic nitrogens is 2. The van der Waals surface area contributed by atoms with E-state index in [1.807, 2.05) is 30.3 Å². The van der Waals surface area contributed by atoms with Crippen LogP contribution < -0.4 is 10.5 Å². The Morgan fingerprint density at radius 1 is 1.11 bits per heavy atom. The Hall–Kier alpha value is -4.08. The van der Waals surface area contributed by atoms with Crippen molar-refractivity contribution in [1.29, 1.82) is 5.41 Å². The molecule has 1 atom stereocenters. The highest BCUT2D eigenvalue weighted by Gasteiger charge is 2.33. The molecule has 10 heteroatoms. The highest BCUT2D eigenvalue weighted by Crippen LogP contribution is 2.33. The summed E-state index contributed by atoms with van der Waals surface area (Å²) in [5.74, 6) is 1.46. The first-order chi connectivity index (χ1) is 17.3. The lowest BCUT2D eigenvalue weighted by Crippen LogP contribution is -2.35. The van der Waals surface area contributed by atoms with Gasteiger partial charge in [-0.25, -0.2) is 0 Å². The fraction of sp³-hybridized carbons (Fsp3) is 0.269. The zero-order valence-electron chi connectivity index (χ0n) is 19.3. The number of guanidine groups is 1. The van der Waals surface area contributed by atoms with Crippen molar-refractivity contribution >= 4 is 16.7 Å². The Labute approximate surface area is 205 Å². The van der Waals surface area contributed by atoms with Gasteiger partial charge in [0.25, 0.3) is 0 Å². The first kappa shape index (κ1) is 23.7. The van der Waals surface area contributed by atoms with Crippen molar-refractivity contribution in [2.24, 2.45) is 5.73 Å². The van der Waals surface area contributed by atoms with Crippen LogP contribution in [0.3, 0.4) is 0 Å². The molecular weight excluding hydrogens is 471 g/mol. The number of ether oxygens (including phenoxy) is 1. The lowest BCUT2D eigenvalue weighted by molar-refractivity contribution is -0.138. The number of hydrogen-bond donors (Lipinski definition) is 2. The first-order valence-corrected chi connectivity index (χ1v) is 11.6. The number of likely N-dealkylation sites (tertiary alicyclic amines) is 1. The van der Waals surface area contributed by atoms with E-state index in [0.29, 0.717) is 24.0 Å². The maximum atomic E-state index is 13.2. The van der Waals surface area contributed by atoms with Gasteiger partial charge >= 0.3 is 6.18 Å². The second-order valence-corrected chi connectivity index (χ2v) is 8.67. The van der Waals surface area contributed by atoms with Gasteiger partial charge in [0.1, 0.15) is 11.8 Å². The molecule has 0 aliphatic carbocycles. The Balaban J connectivity index is 1.28. The van der Waals surface area contributed by atoms with E-state index in [0.717, 1.165) is 35.2 Å². The summed E-state index contributed by atoms with van der Waals surface area (Å²) in [5, 5.41) is 13.7. The van der Waals surface area contributed by atoms with Gasteiger partial charge in [0.2, 0.25) is 11.7 Å². The smallest absolute Gasteiger partial charge is 0.416 e. The third-order valence-electron chi connectivity index (χ3n) is 6.32. The standard InChI is InChI=1S/C26H24F3N5O2/c27-26(28,29)21-5-2-1-4-16(21)11-13-35-20-10-9-17-14-19(8-7-18(17)15-20)23-32-24(36-33-23)22-6-3-12-34(22)25(30)31/h1-2,4-5,7-10,14-15,22H,3,6,11-13H2,(H3,30,31)/t22-/m0/s1. The van der Waals surface area contributed by atoms with Crippen molar-refractivity contribution in [3.8, 4) is 17.1 Å². The SMILES string of the molecule is N=C(N)N1CCC[C@H]1c1nc(-c2ccc3cc(OCCc4ccccc4C(F)(F)F)ccc3c2)no1. The second-order valence-electron chi connectivity index (χ2n) is 8.67. The lowest BCUT2D eigenvalue weighted by atomic mass is 10.0. The monoisotopic (exact) mass is 495 g/mol. The van der Waals surface area contributed by atoms with Crippen LogP contribution in [0.15, 0.2) is 65.2 Å². The number of halogens is 3. The van der Waals surface area contributed by atoms with Crippen LogP contribution in [0.4, 0.5) is 13.2 Å². The molecule has 0 bridgehead atoms. The summed E-state index contributed by atoms with van der Waals surface area (Å²) < 4.78 is 50.8. The largest absolute Gasteiger partial charge is 0.493 e. The molecule has 0 radical (unpaired) electrons. The molecule has 0 unspecified atom stereocenters. The summed E-state index contributed by atoms with van der Waals surface area (Å²) in [4.78, 5) is 6.29. The van der Waals surface area contributed by atoms with Crippen molar-refractivity contribution < 1.29 is 22.4 Å². The molecule has 3 aromatic carbocycles. The van der Waals surface area contributed by atoms with Gasteiger partial charge in [-0.3, -0.25) is 5.41 Å². The van der Waals surface area contributed by atoms with Crippen molar-refractivity contribution in [3.63, 3.8) is 0 Å². The van der Waals surface area contributed by atoms with Gasteiger partial charge in [0.15, 0.2) is 5.96 Å². The molecule has 1 aliphatic heterocycles. The van der Waals surface area contributed by atoms with Gasteiger partial charge in [-0.15, -0.1) is 0 Å². The summed E-state index contributed by atoms with van der Waals surface area (Å²) in [5.41, 5.74) is 6.02. The molecule has 0 amide bonds. The minimum atomic E-state index is -4.39. The van der Waals surface area contributed by atoms with Crippen LogP contribution in [0.1, 0.15) is 35.9 Å². The molecule has 0 spiro atoms. The molecule has 1 aromatic heterocycles. The third-order valence-corrected chi connectivity index (χ3v) is 6.32. The van der Waals surface area contributed by atoms with Gasteiger partial charge < -0.3 is 19.9 Å². The van der Waals surface area contributed by atoms with E-state index in [1.54, 1.807) is 17.0 Å². The molecule has 1 saturated heterocycles. The van der Waals surface area contributed by atoms with E-state index in [-0.39, 0.29) is 30.6 Å². The number of nitrogens with zero attached hydrogens (tertiary/aromatic N) is 3. The Morgan fingerprint density at radius 2 is 1.89 bits per heavy atom. The number of rotatable bonds is 6. The Morgan fingerprint density at radius 3 is 2.69 bits per heavy atom. The van der Waals surface area contributed by atoms with Crippen LogP contribution in [0.25, 0.3) is 22.2 Å². The molecule has 186 valence electrons. The Bertz CT molecular complexity index is 1400. The molecule has 2 heterocycles. The normalized spacial score (nSPS) is 16.0. The molecule has 7 nitrogen and oxygen atoms in total. The van der Waals surface area contributed by atoms with Crippen molar-refractivity contribution in [3.05, 3.63) is 77.7 Å². The molecule has 0 saturated carbocycles. The van der Waals surface area contributed by atoms with E-state index in [9.17, 15) is 13.2 Å². The number of alkyl halides is 3. The predicted molar refractivity (Wildman–Crippen MR) is 128 cm³/mol. The van der Waals surface area contributed by atoms with Crippen LogP contribution in [-0.2, 0) is 12.6 Å². The number of benzene rings is 3. The van der Waals surface area contributed by atoms with Crippen LogP contribution in [0, 0.1) is 5.41 Å². The predicted octanol–water partition coefficient (Wildman–Crippen LogP) is 5.56. The van der Waals surface area contributed by atoms with Gasteiger partial charge in [-0.05, 0) is 53.4 Å². The van der Waals surface area contributed by atoms with Crippen molar-refractivity contribution in [2.75, 3.05) is 13.2 Å². The average Bonchev–Trinajstić information content (AvgIpc) is 3.53. The van der Waals surface area contributed by atoms with E-state index >= 15 is 0 Å². The minimum Gasteiger partial charge on any atom is -0.493 e. The maximum absolute atomic E-state index is 13.2. The lowest BCUT2D eigenvalue weighted by Gasteiger charge is -2.21. The summed E-state index contributed by atoms with van der Waals surface area (Å²) in [6.45, 7) is 0.813. The number of nitrogens with two attached hydrogens (primary N) is 1. The number of fused-ring (bicyclic) bond motifs is 1. The van der Waals surface area contributed by atoms with Crippen LogP contribution in [0.2, 0.25) is 0 Å². The maximum Gasteiger partial charge on any atom is 0.416 e. The van der Waals surface area contributed by atoms with Crippen LogP contribution >= 0.6 is 0 Å². The number of hydrogen-bond acceptors (Lipinski definition) is 5. The quantitative estimate of drug-likeness (QED) is 0.268. The van der Waals surface area contributed by atoms with Gasteiger partial charge in [0.05, 0.1) is 12.2 Å². The van der Waals surface area contributed by atoms with Crippen molar-refractivity contribution in [1.82, 2.24) is 15.0 Å². The van der Waals surface area contributed by atoms with E-state index < -0.39 is 11.7 Å². The fourth-order valence-electron chi connectivity index (χ4n) is 4.55. The van der Waals surface area contributed by atoms with E-state index in [2.05, 4.69) is 10.1 Å². The summed E-state index contributed by atoms with van der Waals surface area (Å²) in [6.07, 6.45) is -2.55. The zero-order valence-corrected chi connectivity index (χ0v) is 19.3. The third kappa shape index (κ3) is 4.84. The zero-order chi connectivity index (χ0) is 25.3. The fourth-order valence-corrected chi connectivity index (χ4v) is 4.55. The highest BCUT2D eigenvalue weighted by molar-refractivity contribution is 5.87. The van der Waals surface area contributed by atoms with Gasteiger partial charge in [-0.1, -0.05) is 41.6 Å². The highest BCUT2D eigenvalue weighted by atomic mass is 19.4. The number of nitrogens with one attached hydrogen (secondary N) is 1.